The molecule has 3 aromatic carbocycles. The summed E-state index contributed by atoms with van der Waals surface area (Å²) in [4.78, 5) is 24.6. The molecule has 36 heavy (non-hydrogen) atoms. The molecule has 1 unspecified atom stereocenters. The zero-order chi connectivity index (χ0) is 26.3. The molecule has 10 heteroatoms. The highest BCUT2D eigenvalue weighted by Gasteiger charge is 2.30. The Morgan fingerprint density at radius 1 is 0.944 bits per heavy atom. The Balaban J connectivity index is 1.94. The summed E-state index contributed by atoms with van der Waals surface area (Å²) in [6, 6.07) is 22.3. The van der Waals surface area contributed by atoms with Crippen LogP contribution in [0.1, 0.15) is 38.0 Å². The van der Waals surface area contributed by atoms with Gasteiger partial charge in [0.25, 0.3) is 15.8 Å². The number of nitro benzene ring substituents is 1. The topological polar surface area (TPSA) is 116 Å². The van der Waals surface area contributed by atoms with Crippen molar-refractivity contribution in [1.82, 2.24) is 4.90 Å². The van der Waals surface area contributed by atoms with Crippen molar-refractivity contribution in [1.29, 1.82) is 0 Å². The number of amides is 1. The maximum Gasteiger partial charge on any atom is 0.410 e. The molecule has 0 aliphatic rings. The first-order valence-electron chi connectivity index (χ1n) is 11.2. The molecule has 3 aromatic rings. The van der Waals surface area contributed by atoms with Gasteiger partial charge in [-0.05, 0) is 44.0 Å². The molecule has 1 amide bonds. The molecule has 0 aromatic heterocycles. The van der Waals surface area contributed by atoms with E-state index in [-0.39, 0.29) is 23.7 Å². The molecule has 0 radical (unpaired) electrons. The van der Waals surface area contributed by atoms with Crippen molar-refractivity contribution < 1.29 is 27.1 Å². The standard InChI is InChI=1S/C26H28N2O7S/c1-26(2,3)34-25(29)27(18-20-10-6-4-7-11-20)19-24(21-12-8-5-9-13-21)35-36(32,33)23-16-14-22(15-17-23)28(30)31/h4-17,24H,18-19H2,1-3H3. The van der Waals surface area contributed by atoms with Crippen molar-refractivity contribution in [3.63, 3.8) is 0 Å². The molecule has 190 valence electrons. The fourth-order valence-corrected chi connectivity index (χ4v) is 4.39. The zero-order valence-corrected chi connectivity index (χ0v) is 21.1. The molecule has 9 nitrogen and oxygen atoms in total. The maximum absolute atomic E-state index is 13.1. The van der Waals surface area contributed by atoms with Crippen LogP contribution >= 0.6 is 0 Å². The molecule has 0 bridgehead atoms. The van der Waals surface area contributed by atoms with Crippen LogP contribution in [0.5, 0.6) is 0 Å². The van der Waals surface area contributed by atoms with Gasteiger partial charge in [-0.2, -0.15) is 8.42 Å². The predicted molar refractivity (Wildman–Crippen MR) is 134 cm³/mol. The molecule has 0 aliphatic heterocycles. The molecule has 0 heterocycles. The van der Waals surface area contributed by atoms with Gasteiger partial charge in [0, 0.05) is 18.7 Å². The van der Waals surface area contributed by atoms with Crippen LogP contribution in [-0.4, -0.2) is 36.5 Å². The Bertz CT molecular complexity index is 1270. The number of hydrogen-bond acceptors (Lipinski definition) is 7. The van der Waals surface area contributed by atoms with Crippen molar-refractivity contribution in [3.05, 3.63) is 106 Å². The summed E-state index contributed by atoms with van der Waals surface area (Å²) in [5.41, 5.74) is 0.352. The summed E-state index contributed by atoms with van der Waals surface area (Å²) in [5.74, 6) is 0. The van der Waals surface area contributed by atoms with E-state index in [0.29, 0.717) is 5.56 Å². The first kappa shape index (κ1) is 26.8. The number of nitro groups is 1. The summed E-state index contributed by atoms with van der Waals surface area (Å²) in [6.45, 7) is 5.28. The smallest absolute Gasteiger partial charge is 0.410 e. The van der Waals surface area contributed by atoms with Crippen molar-refractivity contribution >= 4 is 21.9 Å². The molecule has 0 N–H and O–H groups in total. The van der Waals surface area contributed by atoms with Gasteiger partial charge in [0.15, 0.2) is 0 Å². The van der Waals surface area contributed by atoms with Gasteiger partial charge in [0.2, 0.25) is 0 Å². The van der Waals surface area contributed by atoms with Gasteiger partial charge < -0.3 is 9.64 Å². The lowest BCUT2D eigenvalue weighted by molar-refractivity contribution is -0.384. The normalized spacial score (nSPS) is 12.5. The monoisotopic (exact) mass is 512 g/mol. The number of non-ortho nitro benzene ring substituents is 1. The molecule has 0 saturated carbocycles. The van der Waals surface area contributed by atoms with Crippen LogP contribution in [-0.2, 0) is 25.6 Å². The van der Waals surface area contributed by atoms with Crippen molar-refractivity contribution in [3.8, 4) is 0 Å². The molecular formula is C26H28N2O7S. The number of rotatable bonds is 9. The van der Waals surface area contributed by atoms with Crippen LogP contribution in [0, 0.1) is 10.1 Å². The molecule has 0 aliphatic carbocycles. The molecule has 3 rings (SSSR count). The average molecular weight is 513 g/mol. The van der Waals surface area contributed by atoms with Crippen molar-refractivity contribution in [2.24, 2.45) is 0 Å². The Hall–Kier alpha value is -3.76. The third-order valence-electron chi connectivity index (χ3n) is 5.00. The lowest BCUT2D eigenvalue weighted by Crippen LogP contribution is -2.39. The summed E-state index contributed by atoms with van der Waals surface area (Å²) in [7, 11) is -4.33. The van der Waals surface area contributed by atoms with Gasteiger partial charge in [-0.3, -0.25) is 14.3 Å². The van der Waals surface area contributed by atoms with Crippen LogP contribution in [0.25, 0.3) is 0 Å². The van der Waals surface area contributed by atoms with E-state index in [9.17, 15) is 23.3 Å². The SMILES string of the molecule is CC(C)(C)OC(=O)N(Cc1ccccc1)CC(OS(=O)(=O)c1ccc([N+](=O)[O-])cc1)c1ccccc1. The van der Waals surface area contributed by atoms with Crippen LogP contribution < -0.4 is 0 Å². The molecule has 0 fully saturated rings. The highest BCUT2D eigenvalue weighted by Crippen LogP contribution is 2.27. The van der Waals surface area contributed by atoms with Gasteiger partial charge in [0.05, 0.1) is 16.4 Å². The van der Waals surface area contributed by atoms with E-state index in [1.165, 1.54) is 4.90 Å². The number of nitrogens with zero attached hydrogens (tertiary/aromatic N) is 2. The van der Waals surface area contributed by atoms with Gasteiger partial charge in [-0.15, -0.1) is 0 Å². The van der Waals surface area contributed by atoms with Crippen LogP contribution in [0.2, 0.25) is 0 Å². The number of ether oxygens (including phenoxy) is 1. The van der Waals surface area contributed by atoms with Crippen LogP contribution in [0.4, 0.5) is 10.5 Å². The summed E-state index contributed by atoms with van der Waals surface area (Å²) in [6.07, 6.45) is -1.69. The Morgan fingerprint density at radius 2 is 1.50 bits per heavy atom. The number of carbonyl (C=O) groups is 1. The first-order chi connectivity index (χ1) is 16.9. The molecular weight excluding hydrogens is 484 g/mol. The van der Waals surface area contributed by atoms with Gasteiger partial charge in [-0.25, -0.2) is 4.79 Å². The van der Waals surface area contributed by atoms with Gasteiger partial charge in [-0.1, -0.05) is 60.7 Å². The van der Waals surface area contributed by atoms with E-state index in [1.54, 1.807) is 51.1 Å². The highest BCUT2D eigenvalue weighted by atomic mass is 32.2. The Morgan fingerprint density at radius 3 is 2.03 bits per heavy atom. The lowest BCUT2D eigenvalue weighted by Gasteiger charge is -2.30. The Kier molecular flexibility index (Phi) is 8.44. The maximum atomic E-state index is 13.1. The zero-order valence-electron chi connectivity index (χ0n) is 20.2. The molecule has 0 spiro atoms. The average Bonchev–Trinajstić information content (AvgIpc) is 2.83. The minimum absolute atomic E-state index is 0.125. The second-order valence-corrected chi connectivity index (χ2v) is 10.6. The van der Waals surface area contributed by atoms with E-state index in [2.05, 4.69) is 0 Å². The van der Waals surface area contributed by atoms with Crippen LogP contribution in [0.3, 0.4) is 0 Å². The van der Waals surface area contributed by atoms with Crippen LogP contribution in [0.15, 0.2) is 89.8 Å². The largest absolute Gasteiger partial charge is 0.444 e. The fraction of sp³-hybridized carbons (Fsp3) is 0.269. The number of hydrogen-bond donors (Lipinski definition) is 0. The first-order valence-corrected chi connectivity index (χ1v) is 12.6. The quantitative estimate of drug-likeness (QED) is 0.212. The minimum atomic E-state index is -4.33. The van der Waals surface area contributed by atoms with Gasteiger partial charge >= 0.3 is 6.09 Å². The highest BCUT2D eigenvalue weighted by molar-refractivity contribution is 7.86. The fourth-order valence-electron chi connectivity index (χ4n) is 3.34. The van der Waals surface area contributed by atoms with E-state index in [4.69, 9.17) is 8.92 Å². The summed E-state index contributed by atoms with van der Waals surface area (Å²) >= 11 is 0. The third kappa shape index (κ3) is 7.62. The second kappa shape index (κ2) is 11.3. The summed E-state index contributed by atoms with van der Waals surface area (Å²) < 4.78 is 37.4. The van der Waals surface area contributed by atoms with Crippen molar-refractivity contribution in [2.45, 2.75) is 43.9 Å². The second-order valence-electron chi connectivity index (χ2n) is 9.05. The summed E-state index contributed by atoms with van der Waals surface area (Å²) in [5, 5.41) is 10.9. The number of benzene rings is 3. The minimum Gasteiger partial charge on any atom is -0.444 e. The molecule has 1 atom stereocenters. The van der Waals surface area contributed by atoms with Crippen molar-refractivity contribution in [2.75, 3.05) is 6.54 Å². The van der Waals surface area contributed by atoms with E-state index in [0.717, 1.165) is 29.8 Å². The Labute approximate surface area is 210 Å². The van der Waals surface area contributed by atoms with E-state index >= 15 is 0 Å². The third-order valence-corrected chi connectivity index (χ3v) is 6.34. The van der Waals surface area contributed by atoms with E-state index < -0.39 is 32.8 Å². The van der Waals surface area contributed by atoms with E-state index in [1.807, 2.05) is 30.3 Å². The lowest BCUT2D eigenvalue weighted by atomic mass is 10.1. The number of carbonyl (C=O) groups excluding carboxylic acids is 1. The predicted octanol–water partition coefficient (Wildman–Crippen LogP) is 5.48. The molecule has 0 saturated heterocycles. The van der Waals surface area contributed by atoms with Gasteiger partial charge in [0.1, 0.15) is 11.7 Å².